The lowest BCUT2D eigenvalue weighted by Gasteiger charge is -2.13. The van der Waals surface area contributed by atoms with E-state index in [1.165, 1.54) is 0 Å². The molecule has 0 spiro atoms. The van der Waals surface area contributed by atoms with Crippen molar-refractivity contribution in [2.75, 3.05) is 23.7 Å². The number of pyridine rings is 1. The van der Waals surface area contributed by atoms with Crippen LogP contribution in [-0.2, 0) is 0 Å². The smallest absolute Gasteiger partial charge is 0.256 e. The Morgan fingerprint density at radius 1 is 1.31 bits per heavy atom. The molecule has 0 fully saturated rings. The summed E-state index contributed by atoms with van der Waals surface area (Å²) in [4.78, 5) is 27.9. The topological polar surface area (TPSA) is 109 Å². The van der Waals surface area contributed by atoms with Crippen molar-refractivity contribution in [3.05, 3.63) is 76.9 Å². The molecule has 8 heteroatoms. The first-order valence-corrected chi connectivity index (χ1v) is 9.00. The van der Waals surface area contributed by atoms with E-state index < -0.39 is 5.82 Å². The van der Waals surface area contributed by atoms with Gasteiger partial charge in [-0.15, -0.1) is 0 Å². The third kappa shape index (κ3) is 5.16. The second-order valence-electron chi connectivity index (χ2n) is 6.15. The number of nitrogens with zero attached hydrogens (tertiary/aromatic N) is 1. The molecule has 1 aliphatic carbocycles. The molecule has 0 bridgehead atoms. The van der Waals surface area contributed by atoms with Crippen LogP contribution >= 0.6 is 0 Å². The van der Waals surface area contributed by atoms with Gasteiger partial charge in [-0.3, -0.25) is 9.59 Å². The lowest BCUT2D eigenvalue weighted by atomic mass is 10.1. The number of hydrogen-bond donors (Lipinski definition) is 4. The van der Waals surface area contributed by atoms with Crippen molar-refractivity contribution in [2.45, 2.75) is 6.42 Å². The monoisotopic (exact) mass is 393 g/mol. The lowest BCUT2D eigenvalue weighted by molar-refractivity contribution is 0.0967. The molecule has 1 aromatic heterocycles. The quantitative estimate of drug-likeness (QED) is 0.406. The number of carbonyl (C=O) groups excluding carboxylic acids is 2. The number of carbonyl (C=O) groups is 2. The maximum absolute atomic E-state index is 14.1. The highest BCUT2D eigenvalue weighted by atomic mass is 19.1. The Morgan fingerprint density at radius 2 is 2.17 bits per heavy atom. The summed E-state index contributed by atoms with van der Waals surface area (Å²) in [5, 5.41) is 8.49. The molecule has 0 atom stereocenters. The number of halogens is 1. The van der Waals surface area contributed by atoms with Crippen LogP contribution in [0.2, 0.25) is 0 Å². The summed E-state index contributed by atoms with van der Waals surface area (Å²) in [6.07, 6.45) is 6.82. The molecule has 1 amide bonds. The predicted molar refractivity (Wildman–Crippen MR) is 110 cm³/mol. The fourth-order valence-electron chi connectivity index (χ4n) is 2.63. The van der Waals surface area contributed by atoms with Crippen molar-refractivity contribution in [3.63, 3.8) is 0 Å². The number of allylic oxidation sites excluding steroid dienone is 2. The first kappa shape index (κ1) is 20.0. The summed E-state index contributed by atoms with van der Waals surface area (Å²) in [6.45, 7) is 0.634. The van der Waals surface area contributed by atoms with Crippen LogP contribution in [0.25, 0.3) is 0 Å². The first-order chi connectivity index (χ1) is 14.1. The molecule has 29 heavy (non-hydrogen) atoms. The summed E-state index contributed by atoms with van der Waals surface area (Å²) in [5.41, 5.74) is 9.96. The second kappa shape index (κ2) is 9.45. The van der Waals surface area contributed by atoms with Gasteiger partial charge >= 0.3 is 0 Å². The Bertz CT molecular complexity index is 1030. The van der Waals surface area contributed by atoms with E-state index in [0.717, 1.165) is 12.5 Å². The van der Waals surface area contributed by atoms with Gasteiger partial charge in [0, 0.05) is 24.3 Å². The second-order valence-corrected chi connectivity index (χ2v) is 6.15. The van der Waals surface area contributed by atoms with E-state index >= 15 is 0 Å². The summed E-state index contributed by atoms with van der Waals surface area (Å²) in [6, 6.07) is 7.76. The van der Waals surface area contributed by atoms with Gasteiger partial charge in [-0.2, -0.15) is 0 Å². The van der Waals surface area contributed by atoms with Gasteiger partial charge in [0.1, 0.15) is 5.82 Å². The van der Waals surface area contributed by atoms with E-state index in [1.807, 2.05) is 12.2 Å². The molecule has 7 nitrogen and oxygen atoms in total. The molecule has 148 valence electrons. The molecule has 0 radical (unpaired) electrons. The van der Waals surface area contributed by atoms with Crippen LogP contribution in [0.1, 0.15) is 27.1 Å². The minimum absolute atomic E-state index is 0.0137. The zero-order chi connectivity index (χ0) is 20.6. The Balaban J connectivity index is 1.82. The Kier molecular flexibility index (Phi) is 6.52. The fraction of sp³-hybridized carbons (Fsp3) is 0.143. The van der Waals surface area contributed by atoms with Crippen molar-refractivity contribution >= 4 is 29.5 Å². The third-order valence-corrected chi connectivity index (χ3v) is 4.00. The number of nitrogens with two attached hydrogens (primary N) is 1. The molecular formula is C21H20FN5O2. The molecule has 1 aromatic carbocycles. The summed E-state index contributed by atoms with van der Waals surface area (Å²) in [5.74, 6) is -0.801. The number of anilines is 3. The maximum atomic E-state index is 14.1. The number of hydrogen-bond acceptors (Lipinski definition) is 6. The van der Waals surface area contributed by atoms with Crippen molar-refractivity contribution in [2.24, 2.45) is 5.73 Å². The van der Waals surface area contributed by atoms with Crippen LogP contribution in [0.5, 0.6) is 0 Å². The van der Waals surface area contributed by atoms with Crippen molar-refractivity contribution in [1.29, 1.82) is 0 Å². The summed E-state index contributed by atoms with van der Waals surface area (Å²) < 4.78 is 14.1. The Morgan fingerprint density at radius 3 is 2.90 bits per heavy atom. The largest absolute Gasteiger partial charge is 0.366 e. The number of benzene rings is 1. The highest BCUT2D eigenvalue weighted by molar-refractivity contribution is 5.96. The summed E-state index contributed by atoms with van der Waals surface area (Å²) in [7, 11) is 0. The number of nitrogens with one attached hydrogen (secondary N) is 3. The standard InChI is InChI=1S/C21H20FN5O2/c22-18-12-15(13-28)19(27-20(18)24-10-9-23)25-17-8-4-5-14(11-17)21(29)26-16-6-2-1-3-7-16/h2-6,8,11-13H,1,9-10,23H2,(H,26,29)(H2,24,25,27). The number of aromatic nitrogens is 1. The van der Waals surface area contributed by atoms with Crippen molar-refractivity contribution < 1.29 is 14.0 Å². The van der Waals surface area contributed by atoms with Crippen LogP contribution in [0.15, 0.2) is 60.0 Å². The van der Waals surface area contributed by atoms with Crippen LogP contribution in [0.4, 0.5) is 21.7 Å². The van der Waals surface area contributed by atoms with Gasteiger partial charge in [0.2, 0.25) is 0 Å². The molecule has 5 N–H and O–H groups in total. The highest BCUT2D eigenvalue weighted by Crippen LogP contribution is 2.23. The van der Waals surface area contributed by atoms with E-state index in [4.69, 9.17) is 5.73 Å². The van der Waals surface area contributed by atoms with Gasteiger partial charge in [0.05, 0.1) is 11.3 Å². The molecule has 2 aromatic rings. The number of rotatable bonds is 8. The van der Waals surface area contributed by atoms with E-state index in [9.17, 15) is 14.0 Å². The van der Waals surface area contributed by atoms with Crippen molar-refractivity contribution in [3.8, 4) is 0 Å². The molecule has 0 unspecified atom stereocenters. The zero-order valence-electron chi connectivity index (χ0n) is 15.5. The van der Waals surface area contributed by atoms with E-state index in [-0.39, 0.29) is 23.1 Å². The Labute approximate surface area is 167 Å². The van der Waals surface area contributed by atoms with Crippen LogP contribution in [0, 0.1) is 5.82 Å². The van der Waals surface area contributed by atoms with Gasteiger partial charge < -0.3 is 21.7 Å². The van der Waals surface area contributed by atoms with E-state index in [1.54, 1.807) is 30.3 Å². The van der Waals surface area contributed by atoms with Gasteiger partial charge in [-0.05, 0) is 42.8 Å². The fourth-order valence-corrected chi connectivity index (χ4v) is 2.63. The van der Waals surface area contributed by atoms with Gasteiger partial charge in [0.25, 0.3) is 5.91 Å². The molecule has 0 aliphatic heterocycles. The van der Waals surface area contributed by atoms with E-state index in [0.29, 0.717) is 36.3 Å². The molecule has 3 rings (SSSR count). The molecule has 1 aliphatic rings. The minimum Gasteiger partial charge on any atom is -0.366 e. The van der Waals surface area contributed by atoms with Gasteiger partial charge in [-0.1, -0.05) is 17.9 Å². The van der Waals surface area contributed by atoms with Crippen LogP contribution in [0.3, 0.4) is 0 Å². The third-order valence-electron chi connectivity index (χ3n) is 4.00. The molecule has 0 saturated carbocycles. The molecular weight excluding hydrogens is 373 g/mol. The number of aldehydes is 1. The lowest BCUT2D eigenvalue weighted by Crippen LogP contribution is -2.21. The first-order valence-electron chi connectivity index (χ1n) is 9.00. The predicted octanol–water partition coefficient (Wildman–Crippen LogP) is 2.88. The minimum atomic E-state index is -0.652. The number of amides is 1. The molecule has 1 heterocycles. The van der Waals surface area contributed by atoms with Crippen molar-refractivity contribution in [1.82, 2.24) is 10.3 Å². The average molecular weight is 393 g/mol. The summed E-state index contributed by atoms with van der Waals surface area (Å²) >= 11 is 0. The zero-order valence-corrected chi connectivity index (χ0v) is 15.5. The van der Waals surface area contributed by atoms with Crippen LogP contribution in [-0.4, -0.2) is 30.3 Å². The average Bonchev–Trinajstić information content (AvgIpc) is 2.74. The van der Waals surface area contributed by atoms with Gasteiger partial charge in [-0.25, -0.2) is 9.37 Å². The van der Waals surface area contributed by atoms with Crippen LogP contribution < -0.4 is 21.7 Å². The normalized spacial score (nSPS) is 12.3. The van der Waals surface area contributed by atoms with E-state index in [2.05, 4.69) is 26.7 Å². The maximum Gasteiger partial charge on any atom is 0.256 e. The SMILES string of the molecule is NCCNc1nc(Nc2cccc(C(=O)NC3=C=CCC=C3)c2)c(C=O)cc1F. The Hall–Kier alpha value is -3.74. The van der Waals surface area contributed by atoms with Gasteiger partial charge in [0.15, 0.2) is 17.9 Å². The highest BCUT2D eigenvalue weighted by Gasteiger charge is 2.13. The molecule has 0 saturated heterocycles.